The Hall–Kier alpha value is -0.860. The number of benzene rings is 1. The first-order valence-corrected chi connectivity index (χ1v) is 5.60. The molecule has 1 aromatic carbocycles. The fourth-order valence-corrected chi connectivity index (χ4v) is 2.04. The summed E-state index contributed by atoms with van der Waals surface area (Å²) in [5, 5.41) is 0. The Bertz CT molecular complexity index is 310. The van der Waals surface area contributed by atoms with E-state index in [4.69, 9.17) is 9.47 Å². The molecule has 2 nitrogen and oxygen atoms in total. The standard InChI is InChI=1S/C13H18O2/c1-3-9-13(2)14-10-12(15-13)11-7-5-4-6-8-11/h4-8,12H,3,9-10H2,1-2H3. The van der Waals surface area contributed by atoms with E-state index in [1.807, 2.05) is 25.1 Å². The second kappa shape index (κ2) is 4.33. The summed E-state index contributed by atoms with van der Waals surface area (Å²) in [7, 11) is 0. The summed E-state index contributed by atoms with van der Waals surface area (Å²) >= 11 is 0. The van der Waals surface area contributed by atoms with Crippen molar-refractivity contribution in [3.8, 4) is 0 Å². The minimum absolute atomic E-state index is 0.0998. The lowest BCUT2D eigenvalue weighted by atomic mass is 10.1. The van der Waals surface area contributed by atoms with Gasteiger partial charge in [-0.2, -0.15) is 0 Å². The van der Waals surface area contributed by atoms with Crippen molar-refractivity contribution in [3.63, 3.8) is 0 Å². The zero-order chi connectivity index (χ0) is 10.7. The summed E-state index contributed by atoms with van der Waals surface area (Å²) in [6, 6.07) is 10.3. The van der Waals surface area contributed by atoms with Crippen molar-refractivity contribution in [1.29, 1.82) is 0 Å². The molecule has 0 radical (unpaired) electrons. The monoisotopic (exact) mass is 206 g/mol. The Morgan fingerprint density at radius 2 is 2.07 bits per heavy atom. The van der Waals surface area contributed by atoms with Crippen LogP contribution >= 0.6 is 0 Å². The highest BCUT2D eigenvalue weighted by Crippen LogP contribution is 2.35. The van der Waals surface area contributed by atoms with Gasteiger partial charge in [0, 0.05) is 6.42 Å². The van der Waals surface area contributed by atoms with Crippen molar-refractivity contribution in [1.82, 2.24) is 0 Å². The Kier molecular flexibility index (Phi) is 3.08. The molecule has 2 unspecified atom stereocenters. The maximum Gasteiger partial charge on any atom is 0.166 e. The SMILES string of the molecule is CCCC1(C)OCC(c2ccccc2)O1. The minimum atomic E-state index is -0.380. The molecule has 2 heteroatoms. The predicted octanol–water partition coefficient (Wildman–Crippen LogP) is 3.29. The first kappa shape index (κ1) is 10.7. The van der Waals surface area contributed by atoms with Gasteiger partial charge in [-0.15, -0.1) is 0 Å². The minimum Gasteiger partial charge on any atom is -0.347 e. The number of rotatable bonds is 3. The molecule has 2 atom stereocenters. The lowest BCUT2D eigenvalue weighted by Gasteiger charge is -2.22. The van der Waals surface area contributed by atoms with Crippen molar-refractivity contribution in [2.24, 2.45) is 0 Å². The van der Waals surface area contributed by atoms with Crippen LogP contribution in [0.25, 0.3) is 0 Å². The summed E-state index contributed by atoms with van der Waals surface area (Å²) in [6.45, 7) is 4.84. The van der Waals surface area contributed by atoms with Gasteiger partial charge in [0.15, 0.2) is 5.79 Å². The third-order valence-electron chi connectivity index (χ3n) is 2.81. The van der Waals surface area contributed by atoms with Crippen LogP contribution in [0.4, 0.5) is 0 Å². The largest absolute Gasteiger partial charge is 0.347 e. The van der Waals surface area contributed by atoms with Gasteiger partial charge in [-0.25, -0.2) is 0 Å². The molecule has 1 aliphatic rings. The number of hydrogen-bond donors (Lipinski definition) is 0. The molecule has 1 fully saturated rings. The van der Waals surface area contributed by atoms with Crippen molar-refractivity contribution >= 4 is 0 Å². The molecular formula is C13H18O2. The van der Waals surface area contributed by atoms with E-state index < -0.39 is 0 Å². The zero-order valence-electron chi connectivity index (χ0n) is 9.40. The molecule has 0 bridgehead atoms. The van der Waals surface area contributed by atoms with Gasteiger partial charge in [-0.3, -0.25) is 0 Å². The Labute approximate surface area is 91.2 Å². The molecule has 82 valence electrons. The fraction of sp³-hybridized carbons (Fsp3) is 0.538. The molecule has 1 aromatic rings. The van der Waals surface area contributed by atoms with Gasteiger partial charge >= 0.3 is 0 Å². The van der Waals surface area contributed by atoms with E-state index in [0.29, 0.717) is 6.61 Å². The number of ether oxygens (including phenoxy) is 2. The van der Waals surface area contributed by atoms with E-state index in [1.54, 1.807) is 0 Å². The summed E-state index contributed by atoms with van der Waals surface area (Å²) in [6.07, 6.45) is 2.14. The Morgan fingerprint density at radius 3 is 2.73 bits per heavy atom. The number of hydrogen-bond acceptors (Lipinski definition) is 2. The summed E-state index contributed by atoms with van der Waals surface area (Å²) in [4.78, 5) is 0. The van der Waals surface area contributed by atoms with E-state index in [0.717, 1.165) is 12.8 Å². The molecule has 2 rings (SSSR count). The average Bonchev–Trinajstić information content (AvgIpc) is 2.63. The van der Waals surface area contributed by atoms with E-state index in [9.17, 15) is 0 Å². The van der Waals surface area contributed by atoms with Crippen LogP contribution in [-0.2, 0) is 9.47 Å². The zero-order valence-corrected chi connectivity index (χ0v) is 9.40. The summed E-state index contributed by atoms with van der Waals surface area (Å²) in [5.41, 5.74) is 1.21. The maximum absolute atomic E-state index is 5.95. The molecule has 1 heterocycles. The molecule has 15 heavy (non-hydrogen) atoms. The van der Waals surface area contributed by atoms with Gasteiger partial charge in [-0.1, -0.05) is 43.7 Å². The molecule has 0 N–H and O–H groups in total. The molecule has 0 amide bonds. The van der Waals surface area contributed by atoms with Crippen LogP contribution in [0, 0.1) is 0 Å². The molecule has 1 saturated heterocycles. The third kappa shape index (κ3) is 2.39. The van der Waals surface area contributed by atoms with Gasteiger partial charge in [-0.05, 0) is 12.5 Å². The topological polar surface area (TPSA) is 18.5 Å². The van der Waals surface area contributed by atoms with Crippen molar-refractivity contribution in [2.75, 3.05) is 6.61 Å². The van der Waals surface area contributed by atoms with Crippen molar-refractivity contribution in [3.05, 3.63) is 35.9 Å². The van der Waals surface area contributed by atoms with Gasteiger partial charge in [0.1, 0.15) is 6.10 Å². The van der Waals surface area contributed by atoms with Crippen LogP contribution in [0.5, 0.6) is 0 Å². The van der Waals surface area contributed by atoms with Crippen LogP contribution in [0.15, 0.2) is 30.3 Å². The summed E-state index contributed by atoms with van der Waals surface area (Å²) in [5.74, 6) is -0.380. The quantitative estimate of drug-likeness (QED) is 0.755. The normalized spacial score (nSPS) is 30.7. The smallest absolute Gasteiger partial charge is 0.166 e. The van der Waals surface area contributed by atoms with Crippen LogP contribution in [0.1, 0.15) is 38.4 Å². The molecule has 0 spiro atoms. The van der Waals surface area contributed by atoms with Crippen LogP contribution in [0.2, 0.25) is 0 Å². The second-order valence-corrected chi connectivity index (χ2v) is 4.21. The molecular weight excluding hydrogens is 188 g/mol. The fourth-order valence-electron chi connectivity index (χ4n) is 2.04. The van der Waals surface area contributed by atoms with E-state index >= 15 is 0 Å². The highest BCUT2D eigenvalue weighted by molar-refractivity contribution is 5.18. The van der Waals surface area contributed by atoms with Gasteiger partial charge in [0.2, 0.25) is 0 Å². The second-order valence-electron chi connectivity index (χ2n) is 4.21. The lowest BCUT2D eigenvalue weighted by molar-refractivity contribution is -0.159. The third-order valence-corrected chi connectivity index (χ3v) is 2.81. The van der Waals surface area contributed by atoms with Crippen LogP contribution in [0.3, 0.4) is 0 Å². The van der Waals surface area contributed by atoms with Crippen molar-refractivity contribution < 1.29 is 9.47 Å². The lowest BCUT2D eigenvalue weighted by Crippen LogP contribution is -2.25. The van der Waals surface area contributed by atoms with E-state index in [1.165, 1.54) is 5.56 Å². The molecule has 0 aliphatic carbocycles. The van der Waals surface area contributed by atoms with Gasteiger partial charge in [0.05, 0.1) is 6.61 Å². The molecule has 0 aromatic heterocycles. The highest BCUT2D eigenvalue weighted by Gasteiger charge is 2.36. The maximum atomic E-state index is 5.95. The first-order valence-electron chi connectivity index (χ1n) is 5.60. The molecule has 1 aliphatic heterocycles. The highest BCUT2D eigenvalue weighted by atomic mass is 16.7. The van der Waals surface area contributed by atoms with Gasteiger partial charge < -0.3 is 9.47 Å². The van der Waals surface area contributed by atoms with Gasteiger partial charge in [0.25, 0.3) is 0 Å². The summed E-state index contributed by atoms with van der Waals surface area (Å²) < 4.78 is 11.7. The average molecular weight is 206 g/mol. The Balaban J connectivity index is 2.04. The first-order chi connectivity index (χ1) is 7.23. The Morgan fingerprint density at radius 1 is 1.33 bits per heavy atom. The van der Waals surface area contributed by atoms with Crippen molar-refractivity contribution in [2.45, 2.75) is 38.6 Å². The van der Waals surface area contributed by atoms with E-state index in [2.05, 4.69) is 19.1 Å². The molecule has 0 saturated carbocycles. The predicted molar refractivity (Wildman–Crippen MR) is 59.5 cm³/mol. The van der Waals surface area contributed by atoms with Crippen LogP contribution in [-0.4, -0.2) is 12.4 Å². The van der Waals surface area contributed by atoms with Crippen LogP contribution < -0.4 is 0 Å². The van der Waals surface area contributed by atoms with E-state index in [-0.39, 0.29) is 11.9 Å².